The third-order valence-electron chi connectivity index (χ3n) is 4.35. The lowest BCUT2D eigenvalue weighted by molar-refractivity contribution is 0.0381. The first kappa shape index (κ1) is 16.3. The van der Waals surface area contributed by atoms with Crippen LogP contribution in [0.4, 0.5) is 4.79 Å². The summed E-state index contributed by atoms with van der Waals surface area (Å²) in [7, 11) is 0. The number of alkyl carbamates (subject to hydrolysis) is 1. The average Bonchev–Trinajstić information content (AvgIpc) is 2.34. The number of hydrogen-bond acceptors (Lipinski definition) is 3. The largest absolute Gasteiger partial charge is 0.444 e. The van der Waals surface area contributed by atoms with E-state index < -0.39 is 5.60 Å². The fourth-order valence-electron chi connectivity index (χ4n) is 3.03. The molecule has 0 spiro atoms. The molecule has 2 N–H and O–H groups in total. The van der Waals surface area contributed by atoms with Gasteiger partial charge in [-0.15, -0.1) is 0 Å². The Hall–Kier alpha value is -1.03. The van der Waals surface area contributed by atoms with Gasteiger partial charge >= 0.3 is 6.09 Å². The lowest BCUT2D eigenvalue weighted by Crippen LogP contribution is -2.60. The highest BCUT2D eigenvalue weighted by Gasteiger charge is 2.39. The Kier molecular flexibility index (Phi) is 5.31. The summed E-state index contributed by atoms with van der Waals surface area (Å²) in [6.45, 7) is 7.59. The fourth-order valence-corrected chi connectivity index (χ4v) is 3.03. The number of ether oxygens (including phenoxy) is 1. The van der Waals surface area contributed by atoms with Crippen molar-refractivity contribution in [3.63, 3.8) is 0 Å². The first-order valence-corrected chi connectivity index (χ1v) is 8.25. The summed E-state index contributed by atoms with van der Waals surface area (Å²) in [4.78, 5) is 12.0. The van der Waals surface area contributed by atoms with Crippen molar-refractivity contribution in [2.24, 2.45) is 5.92 Å². The molecule has 120 valence electrons. The van der Waals surface area contributed by atoms with Crippen LogP contribution in [0.1, 0.15) is 59.3 Å². The van der Waals surface area contributed by atoms with E-state index in [1.165, 1.54) is 25.7 Å². The van der Waals surface area contributed by atoms with E-state index in [1.54, 1.807) is 0 Å². The third-order valence-corrected chi connectivity index (χ3v) is 4.35. The summed E-state index contributed by atoms with van der Waals surface area (Å²) in [5.74, 6) is 0.744. The minimum Gasteiger partial charge on any atom is -0.444 e. The minimum absolute atomic E-state index is 0.0904. The van der Waals surface area contributed by atoms with Gasteiger partial charge in [0.15, 0.2) is 0 Å². The second kappa shape index (κ2) is 6.82. The molecule has 0 aliphatic heterocycles. The van der Waals surface area contributed by atoms with Crippen LogP contribution in [-0.2, 0) is 4.74 Å². The van der Waals surface area contributed by atoms with Gasteiger partial charge in [0.1, 0.15) is 5.60 Å². The van der Waals surface area contributed by atoms with Gasteiger partial charge in [-0.2, -0.15) is 0 Å². The highest BCUT2D eigenvalue weighted by Crippen LogP contribution is 2.31. The van der Waals surface area contributed by atoms with Gasteiger partial charge in [0.25, 0.3) is 0 Å². The molecular formula is C17H30N2O2. The lowest BCUT2D eigenvalue weighted by atomic mass is 9.76. The Bertz CT molecular complexity index is 381. The van der Waals surface area contributed by atoms with E-state index in [4.69, 9.17) is 4.74 Å². The summed E-state index contributed by atoms with van der Waals surface area (Å²) in [5.41, 5.74) is -0.524. The summed E-state index contributed by atoms with van der Waals surface area (Å²) < 4.78 is 5.38. The number of amides is 1. The number of hydrogen-bond donors (Lipinski definition) is 2. The first-order valence-electron chi connectivity index (χ1n) is 8.25. The fraction of sp³-hybridized carbons (Fsp3) is 0.824. The van der Waals surface area contributed by atoms with Crippen LogP contribution in [0.5, 0.6) is 0 Å². The van der Waals surface area contributed by atoms with Crippen LogP contribution < -0.4 is 10.6 Å². The maximum absolute atomic E-state index is 12.0. The van der Waals surface area contributed by atoms with Crippen molar-refractivity contribution < 1.29 is 9.53 Å². The van der Waals surface area contributed by atoms with Gasteiger partial charge in [0, 0.05) is 6.54 Å². The van der Waals surface area contributed by atoms with E-state index in [9.17, 15) is 4.79 Å². The van der Waals surface area contributed by atoms with Gasteiger partial charge in [-0.25, -0.2) is 4.79 Å². The predicted octanol–water partition coefficient (Wildman–Crippen LogP) is 3.38. The van der Waals surface area contributed by atoms with Crippen molar-refractivity contribution in [3.05, 3.63) is 12.2 Å². The molecule has 0 saturated heterocycles. The van der Waals surface area contributed by atoms with Crippen LogP contribution in [0.2, 0.25) is 0 Å². The summed E-state index contributed by atoms with van der Waals surface area (Å²) in [5, 5.41) is 6.65. The zero-order valence-electron chi connectivity index (χ0n) is 13.7. The van der Waals surface area contributed by atoms with Gasteiger partial charge < -0.3 is 15.4 Å². The van der Waals surface area contributed by atoms with Crippen molar-refractivity contribution in [1.82, 2.24) is 10.6 Å². The number of rotatable bonds is 5. The molecule has 1 unspecified atom stereocenters. The molecule has 0 aromatic heterocycles. The molecule has 0 aromatic rings. The highest BCUT2D eigenvalue weighted by molar-refractivity contribution is 5.69. The van der Waals surface area contributed by atoms with Crippen molar-refractivity contribution in [3.8, 4) is 0 Å². The highest BCUT2D eigenvalue weighted by atomic mass is 16.6. The van der Waals surface area contributed by atoms with Crippen LogP contribution >= 0.6 is 0 Å². The average molecular weight is 294 g/mol. The third kappa shape index (κ3) is 5.34. The smallest absolute Gasteiger partial charge is 0.408 e. The minimum atomic E-state index is -0.434. The van der Waals surface area contributed by atoms with Crippen molar-refractivity contribution in [2.75, 3.05) is 13.1 Å². The number of nitrogens with one attached hydrogen (secondary N) is 2. The maximum atomic E-state index is 12.0. The Labute approximate surface area is 128 Å². The monoisotopic (exact) mass is 294 g/mol. The zero-order chi connectivity index (χ0) is 15.3. The summed E-state index contributed by atoms with van der Waals surface area (Å²) >= 11 is 0. The molecule has 2 aliphatic rings. The number of allylic oxidation sites excluding steroid dienone is 2. The summed E-state index contributed by atoms with van der Waals surface area (Å²) in [6.07, 6.45) is 11.2. The molecular weight excluding hydrogens is 264 g/mol. The first-order chi connectivity index (χ1) is 9.89. The topological polar surface area (TPSA) is 50.4 Å². The van der Waals surface area contributed by atoms with Crippen LogP contribution in [0.15, 0.2) is 12.2 Å². The Balaban J connectivity index is 1.73. The molecule has 4 nitrogen and oxygen atoms in total. The van der Waals surface area contributed by atoms with Crippen LogP contribution in [0.3, 0.4) is 0 Å². The van der Waals surface area contributed by atoms with E-state index in [0.717, 1.165) is 31.8 Å². The Morgan fingerprint density at radius 1 is 1.33 bits per heavy atom. The van der Waals surface area contributed by atoms with E-state index in [2.05, 4.69) is 22.8 Å². The van der Waals surface area contributed by atoms with Gasteiger partial charge in [-0.1, -0.05) is 12.2 Å². The number of carbonyl (C=O) groups excluding carboxylic acids is 1. The molecule has 1 amide bonds. The molecule has 0 heterocycles. The molecule has 2 rings (SSSR count). The van der Waals surface area contributed by atoms with Gasteiger partial charge in [-0.05, 0) is 71.8 Å². The van der Waals surface area contributed by atoms with E-state index in [1.807, 2.05) is 20.8 Å². The molecule has 2 aliphatic carbocycles. The maximum Gasteiger partial charge on any atom is 0.408 e. The molecule has 0 aromatic carbocycles. The predicted molar refractivity (Wildman–Crippen MR) is 85.3 cm³/mol. The number of carbonyl (C=O) groups is 1. The summed E-state index contributed by atoms with van der Waals surface area (Å²) in [6, 6.07) is 0. The Morgan fingerprint density at radius 3 is 2.62 bits per heavy atom. The molecule has 0 radical (unpaired) electrons. The lowest BCUT2D eigenvalue weighted by Gasteiger charge is -2.43. The van der Waals surface area contributed by atoms with Crippen LogP contribution in [0.25, 0.3) is 0 Å². The zero-order valence-corrected chi connectivity index (χ0v) is 13.7. The van der Waals surface area contributed by atoms with Crippen molar-refractivity contribution in [1.29, 1.82) is 0 Å². The normalized spacial score (nSPS) is 24.2. The van der Waals surface area contributed by atoms with Crippen molar-refractivity contribution >= 4 is 6.09 Å². The van der Waals surface area contributed by atoms with E-state index in [-0.39, 0.29) is 11.6 Å². The second-order valence-electron chi connectivity index (χ2n) is 7.54. The van der Waals surface area contributed by atoms with E-state index in [0.29, 0.717) is 0 Å². The van der Waals surface area contributed by atoms with Gasteiger partial charge in [0.2, 0.25) is 0 Å². The quantitative estimate of drug-likeness (QED) is 0.764. The van der Waals surface area contributed by atoms with Crippen LogP contribution in [0, 0.1) is 5.92 Å². The standard InChI is InChI=1S/C17H30N2O2/c1-16(2,3)21-15(20)19-17(10-7-11-17)13-18-12-14-8-5-4-6-9-14/h4-5,14,18H,6-13H2,1-3H3,(H,19,20). The molecule has 1 atom stereocenters. The molecule has 4 heteroatoms. The Morgan fingerprint density at radius 2 is 2.10 bits per heavy atom. The SMILES string of the molecule is CC(C)(C)OC(=O)NC1(CNCC2CC=CCC2)CCC1. The van der Waals surface area contributed by atoms with Crippen LogP contribution in [-0.4, -0.2) is 30.3 Å². The molecule has 1 fully saturated rings. The molecule has 21 heavy (non-hydrogen) atoms. The van der Waals surface area contributed by atoms with Gasteiger partial charge in [0.05, 0.1) is 5.54 Å². The van der Waals surface area contributed by atoms with E-state index >= 15 is 0 Å². The van der Waals surface area contributed by atoms with Gasteiger partial charge in [-0.3, -0.25) is 0 Å². The molecule has 0 bridgehead atoms. The van der Waals surface area contributed by atoms with Crippen molar-refractivity contribution in [2.45, 2.75) is 70.4 Å². The molecule has 1 saturated carbocycles. The second-order valence-corrected chi connectivity index (χ2v) is 7.54.